The number of phenolic OH excluding ortho intramolecular Hbond substituents is 3. The van der Waals surface area contributed by atoms with Crippen molar-refractivity contribution in [3.05, 3.63) is 45.5 Å². The second-order valence-corrected chi connectivity index (χ2v) is 4.97. The second-order valence-electron chi connectivity index (χ2n) is 4.97. The fraction of sp³-hybridized carbons (Fsp3) is 0.167. The van der Waals surface area contributed by atoms with Gasteiger partial charge in [0.1, 0.15) is 17.2 Å². The third-order valence-electron chi connectivity index (χ3n) is 3.36. The molecule has 25 heavy (non-hydrogen) atoms. The first-order valence-electron chi connectivity index (χ1n) is 6.49. The first kappa shape index (κ1) is 16.4. The Morgan fingerprint density at radius 2 is 1.84 bits per heavy atom. The van der Waals surface area contributed by atoms with E-state index in [2.05, 4.69) is 15.4 Å². The van der Waals surface area contributed by atoms with Crippen molar-refractivity contribution in [2.45, 2.75) is 12.2 Å². The summed E-state index contributed by atoms with van der Waals surface area (Å²) in [6.07, 6.45) is -4.13. The maximum atomic E-state index is 12.8. The summed E-state index contributed by atoms with van der Waals surface area (Å²) >= 11 is 0. The van der Waals surface area contributed by atoms with Crippen molar-refractivity contribution in [3.63, 3.8) is 0 Å². The third kappa shape index (κ3) is 2.64. The lowest BCUT2D eigenvalue weighted by molar-refractivity contribution is -0.431. The number of nitrogens with one attached hydrogen (secondary N) is 1. The molecule has 0 spiro atoms. The average molecular weight is 359 g/mol. The Bertz CT molecular complexity index is 884. The smallest absolute Gasteiger partial charge is 0.453 e. The summed E-state index contributed by atoms with van der Waals surface area (Å²) in [6, 6.07) is -0.165. The van der Waals surface area contributed by atoms with Gasteiger partial charge in [-0.25, -0.2) is 4.68 Å². The summed E-state index contributed by atoms with van der Waals surface area (Å²) in [7, 11) is 0. The Balaban J connectivity index is 2.25. The molecule has 2 aromatic rings. The van der Waals surface area contributed by atoms with Crippen LogP contribution >= 0.6 is 0 Å². The monoisotopic (exact) mass is 359 g/mol. The molecular formula is C12H8F3N5O5. The van der Waals surface area contributed by atoms with Gasteiger partial charge in [0.25, 0.3) is 11.5 Å². The number of hydrogen-bond donors (Lipinski definition) is 4. The summed E-state index contributed by atoms with van der Waals surface area (Å²) in [5, 5.41) is 45.9. The summed E-state index contributed by atoms with van der Waals surface area (Å²) in [4.78, 5) is 13.5. The number of hydrogen-bond acceptors (Lipinski definition) is 8. The van der Waals surface area contributed by atoms with E-state index in [4.69, 9.17) is 0 Å². The lowest BCUT2D eigenvalue weighted by Crippen LogP contribution is -2.26. The molecule has 1 aromatic heterocycles. The predicted molar refractivity (Wildman–Crippen MR) is 73.3 cm³/mol. The SMILES string of the molecule is O=[N+]([O-])C1=CNc2nc(C(F)(F)F)nn2C1c1c(O)cc(O)cc1O. The lowest BCUT2D eigenvalue weighted by Gasteiger charge is -2.22. The van der Waals surface area contributed by atoms with Crippen LogP contribution in [-0.4, -0.2) is 35.0 Å². The van der Waals surface area contributed by atoms with Crippen molar-refractivity contribution >= 4 is 5.95 Å². The summed E-state index contributed by atoms with van der Waals surface area (Å²) in [6.45, 7) is 0. The van der Waals surface area contributed by atoms with Gasteiger partial charge < -0.3 is 20.6 Å². The molecule has 3 rings (SSSR count). The van der Waals surface area contributed by atoms with Gasteiger partial charge in [-0.2, -0.15) is 18.2 Å². The number of rotatable bonds is 2. The zero-order chi connectivity index (χ0) is 18.5. The van der Waals surface area contributed by atoms with Crippen LogP contribution in [0.4, 0.5) is 19.1 Å². The maximum Gasteiger partial charge on any atom is 0.453 e. The van der Waals surface area contributed by atoms with Gasteiger partial charge in [-0.15, -0.1) is 5.10 Å². The van der Waals surface area contributed by atoms with Crippen molar-refractivity contribution in [2.24, 2.45) is 0 Å². The molecule has 4 N–H and O–H groups in total. The highest BCUT2D eigenvalue weighted by Crippen LogP contribution is 2.44. The van der Waals surface area contributed by atoms with Gasteiger partial charge in [0, 0.05) is 12.1 Å². The van der Waals surface area contributed by atoms with Crippen molar-refractivity contribution in [1.82, 2.24) is 14.8 Å². The number of nitro groups is 1. The Hall–Kier alpha value is -3.51. The topological polar surface area (TPSA) is 147 Å². The van der Waals surface area contributed by atoms with E-state index in [1.165, 1.54) is 0 Å². The molecule has 132 valence electrons. The molecule has 13 heteroatoms. The Labute approximate surface area is 135 Å². The van der Waals surface area contributed by atoms with Crippen LogP contribution in [0.5, 0.6) is 17.2 Å². The zero-order valence-electron chi connectivity index (χ0n) is 11.9. The lowest BCUT2D eigenvalue weighted by atomic mass is 10.0. The summed E-state index contributed by atoms with van der Waals surface area (Å²) in [5.74, 6) is -4.13. The molecule has 0 amide bonds. The first-order chi connectivity index (χ1) is 11.6. The molecule has 0 saturated carbocycles. The number of alkyl halides is 3. The van der Waals surface area contributed by atoms with Crippen molar-refractivity contribution in [3.8, 4) is 17.2 Å². The van der Waals surface area contributed by atoms with Crippen LogP contribution in [0.25, 0.3) is 0 Å². The largest absolute Gasteiger partial charge is 0.508 e. The summed E-state index contributed by atoms with van der Waals surface area (Å²) < 4.78 is 39.0. The molecule has 0 aliphatic carbocycles. The number of nitrogens with zero attached hydrogens (tertiary/aromatic N) is 4. The average Bonchev–Trinajstić information content (AvgIpc) is 2.90. The molecular weight excluding hydrogens is 351 g/mol. The number of allylic oxidation sites excluding steroid dienone is 1. The predicted octanol–water partition coefficient (Wildman–Crippen LogP) is 1.55. The van der Waals surface area contributed by atoms with Gasteiger partial charge in [-0.05, 0) is 0 Å². The van der Waals surface area contributed by atoms with Crippen LogP contribution in [0, 0.1) is 10.1 Å². The van der Waals surface area contributed by atoms with E-state index in [0.29, 0.717) is 4.68 Å². The van der Waals surface area contributed by atoms with Gasteiger partial charge in [-0.1, -0.05) is 0 Å². The van der Waals surface area contributed by atoms with Crippen molar-refractivity contribution in [1.29, 1.82) is 0 Å². The second kappa shape index (κ2) is 5.25. The number of phenols is 3. The maximum absolute atomic E-state index is 12.8. The number of anilines is 1. The number of fused-ring (bicyclic) bond motifs is 1. The standard InChI is InChI=1S/C12H8F3N5O5/c13-12(14,15)10-17-11-16-3-5(20(24)25)9(19(11)18-10)8-6(22)1-4(21)2-7(8)23/h1-3,9,21-23H,(H,16,17,18). The quantitative estimate of drug-likeness (QED) is 0.466. The van der Waals surface area contributed by atoms with E-state index in [1.54, 1.807) is 0 Å². The van der Waals surface area contributed by atoms with Gasteiger partial charge >= 0.3 is 6.18 Å². The van der Waals surface area contributed by atoms with Gasteiger partial charge in [0.2, 0.25) is 5.95 Å². The highest BCUT2D eigenvalue weighted by molar-refractivity contribution is 5.54. The number of benzene rings is 1. The van der Waals surface area contributed by atoms with E-state index in [0.717, 1.165) is 18.3 Å². The minimum atomic E-state index is -4.91. The van der Waals surface area contributed by atoms with E-state index < -0.39 is 57.4 Å². The van der Waals surface area contributed by atoms with Crippen LogP contribution in [0.15, 0.2) is 24.0 Å². The van der Waals surface area contributed by atoms with Crippen LogP contribution in [0.1, 0.15) is 17.4 Å². The Morgan fingerprint density at radius 1 is 1.24 bits per heavy atom. The van der Waals surface area contributed by atoms with E-state index in [1.807, 2.05) is 0 Å². The summed E-state index contributed by atoms with van der Waals surface area (Å²) in [5.41, 5.74) is -1.22. The number of halogens is 3. The van der Waals surface area contributed by atoms with Crippen molar-refractivity contribution in [2.75, 3.05) is 5.32 Å². The van der Waals surface area contributed by atoms with Crippen LogP contribution < -0.4 is 5.32 Å². The van der Waals surface area contributed by atoms with Crippen molar-refractivity contribution < 1.29 is 33.4 Å². The fourth-order valence-electron chi connectivity index (χ4n) is 2.38. The third-order valence-corrected chi connectivity index (χ3v) is 3.36. The van der Waals surface area contributed by atoms with E-state index in [9.17, 15) is 38.6 Å². The number of aromatic nitrogens is 3. The molecule has 2 heterocycles. The molecule has 0 fully saturated rings. The molecule has 0 bridgehead atoms. The highest BCUT2D eigenvalue weighted by atomic mass is 19.4. The van der Waals surface area contributed by atoms with E-state index in [-0.39, 0.29) is 0 Å². The fourth-order valence-corrected chi connectivity index (χ4v) is 2.38. The molecule has 0 radical (unpaired) electrons. The normalized spacial score (nSPS) is 16.8. The molecule has 1 aliphatic rings. The molecule has 10 nitrogen and oxygen atoms in total. The molecule has 1 aromatic carbocycles. The van der Waals surface area contributed by atoms with Gasteiger partial charge in [0.05, 0.1) is 16.7 Å². The minimum Gasteiger partial charge on any atom is -0.508 e. The Morgan fingerprint density at radius 3 is 2.36 bits per heavy atom. The van der Waals surface area contributed by atoms with Gasteiger partial charge in [0.15, 0.2) is 6.04 Å². The highest BCUT2D eigenvalue weighted by Gasteiger charge is 2.43. The van der Waals surface area contributed by atoms with E-state index >= 15 is 0 Å². The molecule has 1 unspecified atom stereocenters. The Kier molecular flexibility index (Phi) is 3.44. The first-order valence-corrected chi connectivity index (χ1v) is 6.49. The molecule has 0 saturated heterocycles. The van der Waals surface area contributed by atoms with Crippen LogP contribution in [-0.2, 0) is 6.18 Å². The number of aromatic hydroxyl groups is 3. The molecule has 1 atom stereocenters. The van der Waals surface area contributed by atoms with Crippen LogP contribution in [0.3, 0.4) is 0 Å². The minimum absolute atomic E-state index is 0.477. The van der Waals surface area contributed by atoms with Crippen LogP contribution in [0.2, 0.25) is 0 Å². The molecule has 1 aliphatic heterocycles. The zero-order valence-corrected chi connectivity index (χ0v) is 11.9. The van der Waals surface area contributed by atoms with Gasteiger partial charge in [-0.3, -0.25) is 10.1 Å².